The van der Waals surface area contributed by atoms with Crippen LogP contribution in [0.4, 0.5) is 0 Å². The van der Waals surface area contributed by atoms with Gasteiger partial charge in [0, 0.05) is 30.9 Å². The molecule has 0 saturated heterocycles. The molecule has 0 amide bonds. The number of aryl methyl sites for hydroxylation is 2. The summed E-state index contributed by atoms with van der Waals surface area (Å²) in [4.78, 5) is 4.68. The molecule has 0 aliphatic heterocycles. The molecule has 0 saturated carbocycles. The zero-order valence-electron chi connectivity index (χ0n) is 15.2. The van der Waals surface area contributed by atoms with Gasteiger partial charge in [-0.15, -0.1) is 0 Å². The molecule has 0 N–H and O–H groups in total. The normalized spacial score (nSPS) is 11.8. The number of nitrogens with zero attached hydrogens (tertiary/aromatic N) is 4. The Kier molecular flexibility index (Phi) is 6.42. The first-order valence-electron chi connectivity index (χ1n) is 8.43. The van der Waals surface area contributed by atoms with E-state index in [0.29, 0.717) is 0 Å². The monoisotopic (exact) mass is 318 g/mol. The fourth-order valence-corrected chi connectivity index (χ4v) is 2.82. The van der Waals surface area contributed by atoms with E-state index in [0.717, 1.165) is 50.7 Å². The van der Waals surface area contributed by atoms with Gasteiger partial charge in [-0.2, -0.15) is 5.10 Å². The van der Waals surface area contributed by atoms with Crippen molar-refractivity contribution in [3.8, 4) is 0 Å². The summed E-state index contributed by atoms with van der Waals surface area (Å²) in [7, 11) is 4.24. The maximum absolute atomic E-state index is 5.76. The fraction of sp³-hybridized carbons (Fsp3) is 0.611. The quantitative estimate of drug-likeness (QED) is 0.712. The Morgan fingerprint density at radius 2 is 1.91 bits per heavy atom. The smallest absolute Gasteiger partial charge is 0.118 e. The highest BCUT2D eigenvalue weighted by atomic mass is 16.3. The van der Waals surface area contributed by atoms with E-state index in [-0.39, 0.29) is 0 Å². The van der Waals surface area contributed by atoms with Gasteiger partial charge < -0.3 is 9.32 Å². The van der Waals surface area contributed by atoms with Crippen LogP contribution in [0.15, 0.2) is 22.7 Å². The molecular weight excluding hydrogens is 288 g/mol. The summed E-state index contributed by atoms with van der Waals surface area (Å²) in [5, 5.41) is 4.47. The number of aromatic nitrogens is 2. The Bertz CT molecular complexity index is 600. The summed E-state index contributed by atoms with van der Waals surface area (Å²) in [6, 6.07) is 4.12. The number of hydrogen-bond donors (Lipinski definition) is 0. The zero-order valence-corrected chi connectivity index (χ0v) is 15.2. The van der Waals surface area contributed by atoms with Gasteiger partial charge in [0.1, 0.15) is 11.5 Å². The van der Waals surface area contributed by atoms with Gasteiger partial charge in [-0.1, -0.05) is 0 Å². The molecule has 2 aromatic heterocycles. The number of hydrogen-bond acceptors (Lipinski definition) is 4. The lowest BCUT2D eigenvalue weighted by Crippen LogP contribution is -2.27. The van der Waals surface area contributed by atoms with Crippen LogP contribution in [0.25, 0.3) is 0 Å². The second kappa shape index (κ2) is 8.31. The molecule has 0 aliphatic rings. The molecule has 0 unspecified atom stereocenters. The van der Waals surface area contributed by atoms with E-state index in [2.05, 4.69) is 53.6 Å². The molecule has 0 atom stereocenters. The second-order valence-corrected chi connectivity index (χ2v) is 6.45. The van der Waals surface area contributed by atoms with E-state index >= 15 is 0 Å². The number of furan rings is 1. The van der Waals surface area contributed by atoms with E-state index in [1.807, 2.05) is 19.2 Å². The van der Waals surface area contributed by atoms with Crippen molar-refractivity contribution in [3.05, 3.63) is 41.1 Å². The van der Waals surface area contributed by atoms with Crippen molar-refractivity contribution in [1.29, 1.82) is 0 Å². The van der Waals surface area contributed by atoms with Gasteiger partial charge in [0.15, 0.2) is 0 Å². The van der Waals surface area contributed by atoms with Crippen LogP contribution in [0, 0.1) is 13.8 Å². The summed E-state index contributed by atoms with van der Waals surface area (Å²) in [5.41, 5.74) is 2.57. The standard InChI is InChI=1S/C18H30N4O/c1-6-22-16(3)17(12-19-22)13-21(11-7-10-20(4)5)14-18-9-8-15(2)23-18/h8-9,12H,6-7,10-11,13-14H2,1-5H3. The minimum Gasteiger partial charge on any atom is -0.465 e. The first kappa shape index (κ1) is 17.8. The van der Waals surface area contributed by atoms with Gasteiger partial charge in [0.2, 0.25) is 0 Å². The minimum atomic E-state index is 0.845. The maximum Gasteiger partial charge on any atom is 0.118 e. The summed E-state index contributed by atoms with van der Waals surface area (Å²) in [6.45, 7) is 11.1. The molecule has 0 bridgehead atoms. The average Bonchev–Trinajstić information content (AvgIpc) is 3.05. The molecule has 5 nitrogen and oxygen atoms in total. The highest BCUT2D eigenvalue weighted by molar-refractivity contribution is 5.16. The summed E-state index contributed by atoms with van der Waals surface area (Å²) >= 11 is 0. The van der Waals surface area contributed by atoms with Gasteiger partial charge in [-0.05, 0) is 60.0 Å². The second-order valence-electron chi connectivity index (χ2n) is 6.45. The molecule has 2 aromatic rings. The first-order chi connectivity index (χ1) is 11.0. The Morgan fingerprint density at radius 3 is 2.48 bits per heavy atom. The van der Waals surface area contributed by atoms with Crippen molar-refractivity contribution >= 4 is 0 Å². The van der Waals surface area contributed by atoms with Gasteiger partial charge in [-0.3, -0.25) is 9.58 Å². The van der Waals surface area contributed by atoms with Crippen LogP contribution in [0.2, 0.25) is 0 Å². The molecular formula is C18H30N4O. The number of rotatable bonds is 9. The van der Waals surface area contributed by atoms with Gasteiger partial charge in [0.05, 0.1) is 12.7 Å². The third kappa shape index (κ3) is 5.22. The Hall–Kier alpha value is -1.59. The molecule has 0 fully saturated rings. The highest BCUT2D eigenvalue weighted by Crippen LogP contribution is 2.15. The molecule has 5 heteroatoms. The molecule has 2 heterocycles. The van der Waals surface area contributed by atoms with Crippen molar-refractivity contribution in [2.75, 3.05) is 27.2 Å². The molecule has 128 valence electrons. The predicted molar refractivity (Wildman–Crippen MR) is 93.4 cm³/mol. The van der Waals surface area contributed by atoms with Crippen LogP contribution < -0.4 is 0 Å². The van der Waals surface area contributed by atoms with Crippen LogP contribution in [-0.2, 0) is 19.6 Å². The lowest BCUT2D eigenvalue weighted by atomic mass is 10.2. The van der Waals surface area contributed by atoms with E-state index in [1.54, 1.807) is 0 Å². The largest absolute Gasteiger partial charge is 0.465 e. The van der Waals surface area contributed by atoms with Crippen LogP contribution in [0.5, 0.6) is 0 Å². The van der Waals surface area contributed by atoms with Crippen molar-refractivity contribution in [1.82, 2.24) is 19.6 Å². The SMILES string of the molecule is CCn1ncc(CN(CCCN(C)C)Cc2ccc(C)o2)c1C. The lowest BCUT2D eigenvalue weighted by Gasteiger charge is -2.22. The molecule has 23 heavy (non-hydrogen) atoms. The van der Waals surface area contributed by atoms with Crippen LogP contribution in [0.3, 0.4) is 0 Å². The van der Waals surface area contributed by atoms with E-state index in [4.69, 9.17) is 4.42 Å². The van der Waals surface area contributed by atoms with Crippen LogP contribution >= 0.6 is 0 Å². The van der Waals surface area contributed by atoms with Crippen LogP contribution in [-0.4, -0.2) is 46.8 Å². The van der Waals surface area contributed by atoms with E-state index in [9.17, 15) is 0 Å². The topological polar surface area (TPSA) is 37.4 Å². The molecule has 0 spiro atoms. The Labute approximate surface area is 139 Å². The summed E-state index contributed by atoms with van der Waals surface area (Å²) in [6.07, 6.45) is 3.15. The minimum absolute atomic E-state index is 0.845. The van der Waals surface area contributed by atoms with Crippen molar-refractivity contribution < 1.29 is 4.42 Å². The third-order valence-electron chi connectivity index (χ3n) is 4.15. The van der Waals surface area contributed by atoms with Gasteiger partial charge in [-0.25, -0.2) is 0 Å². The molecule has 0 aromatic carbocycles. The first-order valence-corrected chi connectivity index (χ1v) is 8.43. The summed E-state index contributed by atoms with van der Waals surface area (Å²) < 4.78 is 7.82. The lowest BCUT2D eigenvalue weighted by molar-refractivity contribution is 0.220. The van der Waals surface area contributed by atoms with Gasteiger partial charge in [0.25, 0.3) is 0 Å². The Morgan fingerprint density at radius 1 is 1.13 bits per heavy atom. The molecule has 2 rings (SSSR count). The van der Waals surface area contributed by atoms with Crippen molar-refractivity contribution in [2.24, 2.45) is 0 Å². The Balaban J connectivity index is 2.03. The molecule has 0 aliphatic carbocycles. The van der Waals surface area contributed by atoms with Crippen molar-refractivity contribution in [2.45, 2.75) is 46.8 Å². The average molecular weight is 318 g/mol. The highest BCUT2D eigenvalue weighted by Gasteiger charge is 2.13. The molecule has 0 radical (unpaired) electrons. The zero-order chi connectivity index (χ0) is 16.8. The van der Waals surface area contributed by atoms with E-state index < -0.39 is 0 Å². The third-order valence-corrected chi connectivity index (χ3v) is 4.15. The summed E-state index contributed by atoms with van der Waals surface area (Å²) in [5.74, 6) is 2.01. The predicted octanol–water partition coefficient (Wildman–Crippen LogP) is 3.07. The van der Waals surface area contributed by atoms with Crippen LogP contribution in [0.1, 0.15) is 36.1 Å². The van der Waals surface area contributed by atoms with Crippen molar-refractivity contribution in [3.63, 3.8) is 0 Å². The van der Waals surface area contributed by atoms with E-state index in [1.165, 1.54) is 11.3 Å². The fourth-order valence-electron chi connectivity index (χ4n) is 2.82. The van der Waals surface area contributed by atoms with Gasteiger partial charge >= 0.3 is 0 Å². The maximum atomic E-state index is 5.76.